The number of hydrogen-bond acceptors (Lipinski definition) is 3. The summed E-state index contributed by atoms with van der Waals surface area (Å²) in [5.41, 5.74) is 0.122. The summed E-state index contributed by atoms with van der Waals surface area (Å²) in [7, 11) is 0. The van der Waals surface area contributed by atoms with E-state index in [-0.39, 0.29) is 11.8 Å². The molecule has 1 aliphatic rings. The van der Waals surface area contributed by atoms with Crippen LogP contribution in [-0.2, 0) is 24.1 Å². The lowest BCUT2D eigenvalue weighted by atomic mass is 10.1. The quantitative estimate of drug-likeness (QED) is 0.830. The Morgan fingerprint density at radius 1 is 1.27 bits per heavy atom. The molecule has 0 spiro atoms. The van der Waals surface area contributed by atoms with Crippen LogP contribution in [0.3, 0.4) is 0 Å². The zero-order valence-corrected chi connectivity index (χ0v) is 14.0. The van der Waals surface area contributed by atoms with Crippen LogP contribution in [0.5, 0.6) is 0 Å². The molecule has 0 radical (unpaired) electrons. The molecule has 0 saturated heterocycles. The Kier molecular flexibility index (Phi) is 5.01. The van der Waals surface area contributed by atoms with Crippen LogP contribution < -0.4 is 10.2 Å². The van der Waals surface area contributed by atoms with Gasteiger partial charge in [-0.2, -0.15) is 18.3 Å². The summed E-state index contributed by atoms with van der Waals surface area (Å²) >= 11 is 0. The lowest BCUT2D eigenvalue weighted by Gasteiger charge is -2.35. The van der Waals surface area contributed by atoms with Crippen molar-refractivity contribution in [2.24, 2.45) is 5.92 Å². The van der Waals surface area contributed by atoms with Gasteiger partial charge in [-0.1, -0.05) is 18.7 Å². The van der Waals surface area contributed by atoms with Gasteiger partial charge in [0.05, 0.1) is 11.8 Å². The highest BCUT2D eigenvalue weighted by atomic mass is 19.4. The van der Waals surface area contributed by atoms with Gasteiger partial charge in [-0.05, 0) is 23.8 Å². The normalized spacial score (nSPS) is 16.9. The molecule has 0 fully saturated rings. The summed E-state index contributed by atoms with van der Waals surface area (Å²) in [6.45, 7) is 5.72. The molecule has 3 rings (SSSR count). The Hall–Kier alpha value is -2.77. The van der Waals surface area contributed by atoms with Crippen LogP contribution in [0.4, 0.5) is 19.0 Å². The van der Waals surface area contributed by atoms with E-state index < -0.39 is 11.7 Å². The summed E-state index contributed by atoms with van der Waals surface area (Å²) in [6, 6.07) is 7.05. The number of fused-ring (bicyclic) bond motifs is 1. The molecule has 138 valence electrons. The smallest absolute Gasteiger partial charge is 0.352 e. The van der Waals surface area contributed by atoms with Crippen molar-refractivity contribution in [3.63, 3.8) is 0 Å². The fourth-order valence-corrected chi connectivity index (χ4v) is 3.05. The van der Waals surface area contributed by atoms with Crippen molar-refractivity contribution >= 4 is 11.7 Å². The number of aromatic nitrogens is 2. The molecule has 2 aromatic rings. The zero-order valence-electron chi connectivity index (χ0n) is 14.0. The number of nitrogens with one attached hydrogen (secondary N) is 1. The Morgan fingerprint density at radius 2 is 2.00 bits per heavy atom. The molecule has 1 amide bonds. The third-order valence-corrected chi connectivity index (χ3v) is 4.33. The molecule has 26 heavy (non-hydrogen) atoms. The van der Waals surface area contributed by atoms with Crippen molar-refractivity contribution in [3.8, 4) is 0 Å². The minimum atomic E-state index is -4.34. The first-order valence-corrected chi connectivity index (χ1v) is 8.20. The maximum absolute atomic E-state index is 12.7. The molecule has 1 aromatic carbocycles. The van der Waals surface area contributed by atoms with E-state index in [1.807, 2.05) is 10.7 Å². The van der Waals surface area contributed by atoms with Crippen LogP contribution in [0, 0.1) is 5.92 Å². The number of carbonyl (C=O) groups is 1. The van der Waals surface area contributed by atoms with Gasteiger partial charge in [-0.15, -0.1) is 0 Å². The van der Waals surface area contributed by atoms with Crippen molar-refractivity contribution in [2.75, 3.05) is 18.0 Å². The fraction of sp³-hybridized carbons (Fsp3) is 0.333. The van der Waals surface area contributed by atoms with Crippen molar-refractivity contribution in [1.82, 2.24) is 15.1 Å². The Balaban J connectivity index is 1.72. The average molecular weight is 364 g/mol. The zero-order chi connectivity index (χ0) is 18.7. The third-order valence-electron chi connectivity index (χ3n) is 4.33. The van der Waals surface area contributed by atoms with E-state index in [2.05, 4.69) is 21.9 Å². The van der Waals surface area contributed by atoms with Gasteiger partial charge in [-0.25, -0.2) is 4.68 Å². The van der Waals surface area contributed by atoms with Crippen molar-refractivity contribution in [3.05, 3.63) is 60.3 Å². The predicted octanol–water partition coefficient (Wildman–Crippen LogP) is 2.84. The molecule has 1 atom stereocenters. The Labute approximate surface area is 149 Å². The molecule has 5 nitrogen and oxygen atoms in total. The highest BCUT2D eigenvalue weighted by Gasteiger charge is 2.30. The second-order valence-corrected chi connectivity index (χ2v) is 6.26. The molecule has 0 bridgehead atoms. The maximum Gasteiger partial charge on any atom is 0.416 e. The standard InChI is InChI=1S/C18H19F3N4O/c1-2-16(26)22-9-14-11-24(17-7-8-23-25(17)12-14)10-13-3-5-15(6-4-13)18(19,20)21/h2-8,14H,1,9-12H2,(H,22,26)/t14-/m0/s1. The van der Waals surface area contributed by atoms with E-state index in [1.165, 1.54) is 18.2 Å². The number of benzene rings is 1. The van der Waals surface area contributed by atoms with E-state index in [0.717, 1.165) is 23.5 Å². The molecule has 1 N–H and O–H groups in total. The largest absolute Gasteiger partial charge is 0.416 e. The summed E-state index contributed by atoms with van der Waals surface area (Å²) in [6.07, 6.45) is -1.42. The fourth-order valence-electron chi connectivity index (χ4n) is 3.05. The van der Waals surface area contributed by atoms with Crippen LogP contribution in [0.2, 0.25) is 0 Å². The molecule has 1 aromatic heterocycles. The maximum atomic E-state index is 12.7. The second-order valence-electron chi connectivity index (χ2n) is 6.26. The summed E-state index contributed by atoms with van der Waals surface area (Å²) in [4.78, 5) is 13.4. The number of halogens is 3. The number of anilines is 1. The average Bonchev–Trinajstić information content (AvgIpc) is 3.08. The lowest BCUT2D eigenvalue weighted by molar-refractivity contribution is -0.137. The van der Waals surface area contributed by atoms with E-state index in [1.54, 1.807) is 6.20 Å². The highest BCUT2D eigenvalue weighted by molar-refractivity contribution is 5.86. The minimum Gasteiger partial charge on any atom is -0.352 e. The van der Waals surface area contributed by atoms with Crippen molar-refractivity contribution in [1.29, 1.82) is 0 Å². The molecular weight excluding hydrogens is 345 g/mol. The monoisotopic (exact) mass is 364 g/mol. The van der Waals surface area contributed by atoms with Crippen LogP contribution in [0.15, 0.2) is 49.2 Å². The number of amides is 1. The molecule has 2 heterocycles. The molecular formula is C18H19F3N4O. The van der Waals surface area contributed by atoms with E-state index in [4.69, 9.17) is 0 Å². The predicted molar refractivity (Wildman–Crippen MR) is 91.4 cm³/mol. The topological polar surface area (TPSA) is 50.2 Å². The first-order valence-electron chi connectivity index (χ1n) is 8.20. The lowest BCUT2D eigenvalue weighted by Crippen LogP contribution is -2.43. The number of nitrogens with zero attached hydrogens (tertiary/aromatic N) is 3. The highest BCUT2D eigenvalue weighted by Crippen LogP contribution is 2.30. The van der Waals surface area contributed by atoms with Gasteiger partial charge >= 0.3 is 6.18 Å². The van der Waals surface area contributed by atoms with E-state index >= 15 is 0 Å². The van der Waals surface area contributed by atoms with Crippen molar-refractivity contribution in [2.45, 2.75) is 19.3 Å². The van der Waals surface area contributed by atoms with Crippen LogP contribution in [-0.4, -0.2) is 28.8 Å². The second kappa shape index (κ2) is 7.23. The van der Waals surface area contributed by atoms with Gasteiger partial charge in [-0.3, -0.25) is 4.79 Å². The summed E-state index contributed by atoms with van der Waals surface area (Å²) in [5, 5.41) is 7.07. The first kappa shape index (κ1) is 18.0. The minimum absolute atomic E-state index is 0.140. The van der Waals surface area contributed by atoms with Crippen LogP contribution >= 0.6 is 0 Å². The SMILES string of the molecule is C=CC(=O)NC[C@H]1CN(Cc2ccc(C(F)(F)F)cc2)c2ccnn2C1. The Morgan fingerprint density at radius 3 is 2.65 bits per heavy atom. The van der Waals surface area contributed by atoms with Crippen LogP contribution in [0.25, 0.3) is 0 Å². The summed E-state index contributed by atoms with van der Waals surface area (Å²) < 4.78 is 39.9. The molecule has 0 unspecified atom stereocenters. The Bertz CT molecular complexity index is 782. The van der Waals surface area contributed by atoms with Crippen LogP contribution in [0.1, 0.15) is 11.1 Å². The van der Waals surface area contributed by atoms with Gasteiger partial charge in [0.1, 0.15) is 5.82 Å². The van der Waals surface area contributed by atoms with E-state index in [9.17, 15) is 18.0 Å². The first-order chi connectivity index (χ1) is 12.4. The summed E-state index contributed by atoms with van der Waals surface area (Å²) in [5.74, 6) is 0.822. The van der Waals surface area contributed by atoms with E-state index in [0.29, 0.717) is 26.2 Å². The number of carbonyl (C=O) groups excluding carboxylic acids is 1. The molecule has 0 aliphatic carbocycles. The number of hydrogen-bond donors (Lipinski definition) is 1. The molecule has 0 saturated carbocycles. The van der Waals surface area contributed by atoms with Gasteiger partial charge in [0, 0.05) is 38.2 Å². The van der Waals surface area contributed by atoms with Gasteiger partial charge in [0.15, 0.2) is 0 Å². The molecule has 1 aliphatic heterocycles. The van der Waals surface area contributed by atoms with Gasteiger partial charge in [0.2, 0.25) is 5.91 Å². The van der Waals surface area contributed by atoms with Gasteiger partial charge < -0.3 is 10.2 Å². The van der Waals surface area contributed by atoms with Crippen molar-refractivity contribution < 1.29 is 18.0 Å². The molecule has 8 heteroatoms. The number of alkyl halides is 3. The number of rotatable bonds is 5. The van der Waals surface area contributed by atoms with Gasteiger partial charge in [0.25, 0.3) is 0 Å². The third kappa shape index (κ3) is 4.07.